The molecule has 2 atom stereocenters. The molecule has 4 heteroatoms. The van der Waals surface area contributed by atoms with Crippen molar-refractivity contribution in [3.8, 4) is 0 Å². The first kappa shape index (κ1) is 13.7. The van der Waals surface area contributed by atoms with Gasteiger partial charge in [0.05, 0.1) is 5.69 Å². The van der Waals surface area contributed by atoms with Crippen LogP contribution < -0.4 is 5.32 Å². The van der Waals surface area contributed by atoms with E-state index in [1.165, 1.54) is 6.07 Å². The summed E-state index contributed by atoms with van der Waals surface area (Å²) in [6.07, 6.45) is 0. The summed E-state index contributed by atoms with van der Waals surface area (Å²) < 4.78 is 18.4. The molecule has 1 heterocycles. The molecule has 0 aliphatic heterocycles. The van der Waals surface area contributed by atoms with Crippen LogP contribution in [-0.2, 0) is 0 Å². The lowest BCUT2D eigenvalue weighted by Gasteiger charge is -2.20. The second kappa shape index (κ2) is 5.53. The van der Waals surface area contributed by atoms with Gasteiger partial charge in [-0.25, -0.2) is 4.39 Å². The molecule has 2 rings (SSSR count). The second-order valence-electron chi connectivity index (χ2n) is 4.90. The standard InChI is InChI=1S/C15H19FN2O/c1-9(13-6-5-7-14(16)8-13)17-10(2)15-11(3)18-19-12(15)4/h5-10,17H,1-4H3. The van der Waals surface area contributed by atoms with E-state index in [-0.39, 0.29) is 17.9 Å². The van der Waals surface area contributed by atoms with Gasteiger partial charge in [0.1, 0.15) is 11.6 Å². The Labute approximate surface area is 112 Å². The molecule has 1 N–H and O–H groups in total. The molecule has 0 aliphatic rings. The quantitative estimate of drug-likeness (QED) is 0.909. The number of benzene rings is 1. The summed E-state index contributed by atoms with van der Waals surface area (Å²) in [6.45, 7) is 7.91. The molecule has 0 amide bonds. The molecule has 0 spiro atoms. The molecule has 2 unspecified atom stereocenters. The number of hydrogen-bond acceptors (Lipinski definition) is 3. The molecule has 0 saturated carbocycles. The minimum Gasteiger partial charge on any atom is -0.361 e. The van der Waals surface area contributed by atoms with Gasteiger partial charge in [-0.3, -0.25) is 0 Å². The van der Waals surface area contributed by atoms with Gasteiger partial charge in [0.15, 0.2) is 0 Å². The van der Waals surface area contributed by atoms with Crippen molar-refractivity contribution in [2.24, 2.45) is 0 Å². The van der Waals surface area contributed by atoms with Gasteiger partial charge in [-0.05, 0) is 45.4 Å². The molecule has 0 bridgehead atoms. The van der Waals surface area contributed by atoms with E-state index < -0.39 is 0 Å². The van der Waals surface area contributed by atoms with Crippen LogP contribution in [0.2, 0.25) is 0 Å². The monoisotopic (exact) mass is 262 g/mol. The minimum absolute atomic E-state index is 0.0550. The molecule has 1 aromatic carbocycles. The van der Waals surface area contributed by atoms with Crippen molar-refractivity contribution >= 4 is 0 Å². The largest absolute Gasteiger partial charge is 0.361 e. The number of rotatable bonds is 4. The van der Waals surface area contributed by atoms with Crippen LogP contribution in [0.15, 0.2) is 28.8 Å². The van der Waals surface area contributed by atoms with E-state index in [0.29, 0.717) is 0 Å². The molecular formula is C15H19FN2O. The van der Waals surface area contributed by atoms with E-state index in [4.69, 9.17) is 4.52 Å². The van der Waals surface area contributed by atoms with Crippen LogP contribution in [-0.4, -0.2) is 5.16 Å². The summed E-state index contributed by atoms with van der Waals surface area (Å²) in [5.41, 5.74) is 2.89. The summed E-state index contributed by atoms with van der Waals surface area (Å²) in [4.78, 5) is 0. The summed E-state index contributed by atoms with van der Waals surface area (Å²) in [6, 6.07) is 6.81. The van der Waals surface area contributed by atoms with E-state index in [1.54, 1.807) is 12.1 Å². The highest BCUT2D eigenvalue weighted by atomic mass is 19.1. The van der Waals surface area contributed by atoms with Gasteiger partial charge in [0, 0.05) is 17.6 Å². The predicted octanol–water partition coefficient (Wildman–Crippen LogP) is 3.84. The van der Waals surface area contributed by atoms with Gasteiger partial charge in [0.25, 0.3) is 0 Å². The zero-order chi connectivity index (χ0) is 14.0. The number of aromatic nitrogens is 1. The fourth-order valence-electron chi connectivity index (χ4n) is 2.44. The molecule has 0 saturated heterocycles. The molecule has 19 heavy (non-hydrogen) atoms. The first-order chi connectivity index (χ1) is 8.99. The first-order valence-corrected chi connectivity index (χ1v) is 6.43. The summed E-state index contributed by atoms with van der Waals surface area (Å²) in [7, 11) is 0. The van der Waals surface area contributed by atoms with Crippen LogP contribution in [0.5, 0.6) is 0 Å². The van der Waals surface area contributed by atoms with Crippen LogP contribution in [0.4, 0.5) is 4.39 Å². The number of nitrogens with zero attached hydrogens (tertiary/aromatic N) is 1. The summed E-state index contributed by atoms with van der Waals surface area (Å²) in [5, 5.41) is 7.40. The van der Waals surface area contributed by atoms with Crippen molar-refractivity contribution in [1.29, 1.82) is 0 Å². The van der Waals surface area contributed by atoms with E-state index >= 15 is 0 Å². The fraction of sp³-hybridized carbons (Fsp3) is 0.400. The van der Waals surface area contributed by atoms with Gasteiger partial charge in [-0.1, -0.05) is 17.3 Å². The Morgan fingerprint density at radius 3 is 2.53 bits per heavy atom. The van der Waals surface area contributed by atoms with Gasteiger partial charge in [0.2, 0.25) is 0 Å². The van der Waals surface area contributed by atoms with E-state index in [1.807, 2.05) is 26.8 Å². The zero-order valence-electron chi connectivity index (χ0n) is 11.7. The third-order valence-corrected chi connectivity index (χ3v) is 3.37. The van der Waals surface area contributed by atoms with Crippen molar-refractivity contribution in [2.45, 2.75) is 39.8 Å². The normalized spacial score (nSPS) is 14.4. The fourth-order valence-corrected chi connectivity index (χ4v) is 2.44. The van der Waals surface area contributed by atoms with Crippen molar-refractivity contribution < 1.29 is 8.91 Å². The highest BCUT2D eigenvalue weighted by molar-refractivity contribution is 5.26. The number of hydrogen-bond donors (Lipinski definition) is 1. The highest BCUT2D eigenvalue weighted by Crippen LogP contribution is 2.24. The highest BCUT2D eigenvalue weighted by Gasteiger charge is 2.18. The maximum Gasteiger partial charge on any atom is 0.138 e. The molecule has 3 nitrogen and oxygen atoms in total. The van der Waals surface area contributed by atoms with Gasteiger partial charge in [-0.2, -0.15) is 0 Å². The lowest BCUT2D eigenvalue weighted by atomic mass is 10.0. The number of nitrogens with one attached hydrogen (secondary N) is 1. The molecular weight excluding hydrogens is 243 g/mol. The van der Waals surface area contributed by atoms with Crippen LogP contribution in [0, 0.1) is 19.7 Å². The molecule has 102 valence electrons. The Morgan fingerprint density at radius 2 is 1.95 bits per heavy atom. The van der Waals surface area contributed by atoms with E-state index in [9.17, 15) is 4.39 Å². The van der Waals surface area contributed by atoms with E-state index in [0.717, 1.165) is 22.6 Å². The zero-order valence-corrected chi connectivity index (χ0v) is 11.7. The van der Waals surface area contributed by atoms with Crippen molar-refractivity contribution in [3.05, 3.63) is 52.7 Å². The smallest absolute Gasteiger partial charge is 0.138 e. The Hall–Kier alpha value is -1.68. The SMILES string of the molecule is Cc1noc(C)c1C(C)NC(C)c1cccc(F)c1. The topological polar surface area (TPSA) is 38.1 Å². The summed E-state index contributed by atoms with van der Waals surface area (Å²) in [5.74, 6) is 0.611. The van der Waals surface area contributed by atoms with Gasteiger partial charge >= 0.3 is 0 Å². The first-order valence-electron chi connectivity index (χ1n) is 6.43. The third-order valence-electron chi connectivity index (χ3n) is 3.37. The van der Waals surface area contributed by atoms with Gasteiger partial charge < -0.3 is 9.84 Å². The number of halogens is 1. The molecule has 2 aromatic rings. The Bertz CT molecular complexity index is 546. The van der Waals surface area contributed by atoms with Crippen molar-refractivity contribution in [3.63, 3.8) is 0 Å². The second-order valence-corrected chi connectivity index (χ2v) is 4.90. The lowest BCUT2D eigenvalue weighted by molar-refractivity contribution is 0.389. The molecule has 0 fully saturated rings. The number of aryl methyl sites for hydroxylation is 2. The lowest BCUT2D eigenvalue weighted by Crippen LogP contribution is -2.23. The van der Waals surface area contributed by atoms with Crippen LogP contribution in [0.1, 0.15) is 48.5 Å². The summed E-state index contributed by atoms with van der Waals surface area (Å²) >= 11 is 0. The average Bonchev–Trinajstić information content (AvgIpc) is 2.69. The maximum atomic E-state index is 13.2. The van der Waals surface area contributed by atoms with Crippen LogP contribution in [0.3, 0.4) is 0 Å². The Kier molecular flexibility index (Phi) is 4.00. The van der Waals surface area contributed by atoms with Crippen molar-refractivity contribution in [1.82, 2.24) is 10.5 Å². The minimum atomic E-state index is -0.212. The molecule has 1 aromatic heterocycles. The van der Waals surface area contributed by atoms with Gasteiger partial charge in [-0.15, -0.1) is 0 Å². The van der Waals surface area contributed by atoms with Crippen LogP contribution in [0.25, 0.3) is 0 Å². The molecule has 0 aliphatic carbocycles. The third kappa shape index (κ3) is 3.01. The van der Waals surface area contributed by atoms with E-state index in [2.05, 4.69) is 17.4 Å². The average molecular weight is 262 g/mol. The predicted molar refractivity (Wildman–Crippen MR) is 72.3 cm³/mol. The van der Waals surface area contributed by atoms with Crippen LogP contribution >= 0.6 is 0 Å². The Morgan fingerprint density at radius 1 is 1.21 bits per heavy atom. The maximum absolute atomic E-state index is 13.2. The molecule has 0 radical (unpaired) electrons. The van der Waals surface area contributed by atoms with Crippen molar-refractivity contribution in [2.75, 3.05) is 0 Å². The Balaban J connectivity index is 2.13.